The first-order valence-electron chi connectivity index (χ1n) is 11.5. The zero-order valence-electron chi connectivity index (χ0n) is 19.2. The number of carbonyl (C=O) groups is 1. The van der Waals surface area contributed by atoms with Crippen molar-refractivity contribution in [2.75, 3.05) is 33.2 Å². The highest BCUT2D eigenvalue weighted by Gasteiger charge is 2.43. The van der Waals surface area contributed by atoms with Gasteiger partial charge in [0.2, 0.25) is 0 Å². The number of nitrogens with zero attached hydrogens (tertiary/aromatic N) is 3. The Kier molecular flexibility index (Phi) is 6.65. The molecule has 1 unspecified atom stereocenters. The minimum absolute atomic E-state index is 0.0958. The van der Waals surface area contributed by atoms with Gasteiger partial charge in [-0.3, -0.25) is 4.90 Å². The molecule has 2 saturated heterocycles. The van der Waals surface area contributed by atoms with Gasteiger partial charge in [-0.15, -0.1) is 0 Å². The van der Waals surface area contributed by atoms with E-state index in [0.717, 1.165) is 44.6 Å². The van der Waals surface area contributed by atoms with Crippen LogP contribution in [-0.4, -0.2) is 77.2 Å². The molecule has 3 fully saturated rings. The summed E-state index contributed by atoms with van der Waals surface area (Å²) in [6.45, 7) is 14.5. The average Bonchev–Trinajstić information content (AvgIpc) is 3.04. The SMILES string of the molecule is C[C@H]1CCCC[C@@H]1N(C)C1CCN(C2(C)CCN(C(=O)OC(C)(C)C)C2)CC1. The summed E-state index contributed by atoms with van der Waals surface area (Å²) in [7, 11) is 2.37. The second kappa shape index (κ2) is 8.51. The van der Waals surface area contributed by atoms with Crippen LogP contribution in [0.3, 0.4) is 0 Å². The number of ether oxygens (including phenoxy) is 1. The fraction of sp³-hybridized carbons (Fsp3) is 0.957. The summed E-state index contributed by atoms with van der Waals surface area (Å²) in [6.07, 6.45) is 8.98. The minimum atomic E-state index is -0.421. The van der Waals surface area contributed by atoms with Crippen molar-refractivity contribution in [3.8, 4) is 0 Å². The lowest BCUT2D eigenvalue weighted by Crippen LogP contribution is -2.56. The smallest absolute Gasteiger partial charge is 0.410 e. The predicted octanol–water partition coefficient (Wildman–Crippen LogP) is 4.36. The van der Waals surface area contributed by atoms with Gasteiger partial charge in [-0.1, -0.05) is 19.8 Å². The molecule has 1 amide bonds. The molecule has 0 aromatic carbocycles. The molecule has 2 aliphatic heterocycles. The van der Waals surface area contributed by atoms with E-state index >= 15 is 0 Å². The molecule has 0 radical (unpaired) electrons. The van der Waals surface area contributed by atoms with Crippen LogP contribution in [0.4, 0.5) is 4.79 Å². The maximum atomic E-state index is 12.5. The Morgan fingerprint density at radius 3 is 2.32 bits per heavy atom. The Hall–Kier alpha value is -0.810. The van der Waals surface area contributed by atoms with E-state index in [2.05, 4.69) is 30.7 Å². The summed E-state index contributed by atoms with van der Waals surface area (Å²) in [4.78, 5) is 19.7. The summed E-state index contributed by atoms with van der Waals surface area (Å²) in [5.74, 6) is 0.839. The van der Waals surface area contributed by atoms with Gasteiger partial charge in [0.25, 0.3) is 0 Å². The molecule has 0 aromatic heterocycles. The van der Waals surface area contributed by atoms with Gasteiger partial charge in [-0.05, 0) is 72.8 Å². The number of amides is 1. The van der Waals surface area contributed by atoms with Crippen molar-refractivity contribution in [3.05, 3.63) is 0 Å². The van der Waals surface area contributed by atoms with Gasteiger partial charge in [0.15, 0.2) is 0 Å². The predicted molar refractivity (Wildman–Crippen MR) is 115 cm³/mol. The highest BCUT2D eigenvalue weighted by molar-refractivity contribution is 5.68. The lowest BCUT2D eigenvalue weighted by Gasteiger charge is -2.47. The van der Waals surface area contributed by atoms with E-state index in [0.29, 0.717) is 6.04 Å². The fourth-order valence-corrected chi connectivity index (χ4v) is 5.67. The lowest BCUT2D eigenvalue weighted by atomic mass is 9.83. The highest BCUT2D eigenvalue weighted by Crippen LogP contribution is 2.34. The van der Waals surface area contributed by atoms with Crippen LogP contribution in [0.5, 0.6) is 0 Å². The third kappa shape index (κ3) is 5.02. The second-order valence-corrected chi connectivity index (χ2v) is 10.9. The molecule has 3 aliphatic rings. The van der Waals surface area contributed by atoms with E-state index in [4.69, 9.17) is 4.74 Å². The molecule has 2 heterocycles. The molecule has 1 aliphatic carbocycles. The van der Waals surface area contributed by atoms with Gasteiger partial charge in [0, 0.05) is 43.8 Å². The van der Waals surface area contributed by atoms with Crippen LogP contribution >= 0.6 is 0 Å². The minimum Gasteiger partial charge on any atom is -0.444 e. The van der Waals surface area contributed by atoms with Crippen LogP contribution in [0.25, 0.3) is 0 Å². The number of hydrogen-bond acceptors (Lipinski definition) is 4. The van der Waals surface area contributed by atoms with E-state index in [1.54, 1.807) is 0 Å². The van der Waals surface area contributed by atoms with Crippen LogP contribution in [0.2, 0.25) is 0 Å². The summed E-state index contributed by atoms with van der Waals surface area (Å²) in [5.41, 5.74) is -0.326. The van der Waals surface area contributed by atoms with Crippen molar-refractivity contribution < 1.29 is 9.53 Å². The molecule has 0 bridgehead atoms. The number of hydrogen-bond donors (Lipinski definition) is 0. The summed E-state index contributed by atoms with van der Waals surface area (Å²) >= 11 is 0. The van der Waals surface area contributed by atoms with Crippen LogP contribution in [-0.2, 0) is 4.74 Å². The third-order valence-corrected chi connectivity index (χ3v) is 7.50. The van der Waals surface area contributed by atoms with Crippen molar-refractivity contribution >= 4 is 6.09 Å². The van der Waals surface area contributed by atoms with Crippen LogP contribution < -0.4 is 0 Å². The quantitative estimate of drug-likeness (QED) is 0.714. The van der Waals surface area contributed by atoms with E-state index < -0.39 is 5.60 Å². The van der Waals surface area contributed by atoms with Gasteiger partial charge >= 0.3 is 6.09 Å². The summed E-state index contributed by atoms with van der Waals surface area (Å²) in [6, 6.07) is 1.49. The molecule has 0 spiro atoms. The first-order chi connectivity index (χ1) is 13.1. The van der Waals surface area contributed by atoms with Crippen molar-refractivity contribution in [2.45, 2.75) is 103 Å². The Bertz CT molecular complexity index is 538. The molecular formula is C23H43N3O2. The van der Waals surface area contributed by atoms with Gasteiger partial charge in [-0.25, -0.2) is 4.79 Å². The molecule has 0 N–H and O–H groups in total. The maximum absolute atomic E-state index is 12.5. The van der Waals surface area contributed by atoms with E-state index in [1.807, 2.05) is 25.7 Å². The number of likely N-dealkylation sites (tertiary alicyclic amines) is 2. The van der Waals surface area contributed by atoms with Gasteiger partial charge in [-0.2, -0.15) is 0 Å². The van der Waals surface area contributed by atoms with Crippen molar-refractivity contribution in [2.24, 2.45) is 5.92 Å². The standard InChI is InChI=1S/C23H43N3O2/c1-18-9-7-8-10-20(18)24(6)19-11-14-26(15-12-19)23(5)13-16-25(17-23)21(27)28-22(2,3)4/h18-20H,7-17H2,1-6H3/t18-,20-,23?/m0/s1. The van der Waals surface area contributed by atoms with E-state index in [1.165, 1.54) is 38.5 Å². The van der Waals surface area contributed by atoms with Crippen LogP contribution in [0.1, 0.15) is 79.6 Å². The first kappa shape index (κ1) is 21.9. The first-order valence-corrected chi connectivity index (χ1v) is 11.5. The number of piperidine rings is 1. The summed E-state index contributed by atoms with van der Waals surface area (Å²) < 4.78 is 5.59. The maximum Gasteiger partial charge on any atom is 0.410 e. The Morgan fingerprint density at radius 1 is 1.07 bits per heavy atom. The number of rotatable bonds is 3. The van der Waals surface area contributed by atoms with Crippen molar-refractivity contribution in [1.82, 2.24) is 14.7 Å². The normalized spacial score (nSPS) is 33.5. The Balaban J connectivity index is 1.51. The van der Waals surface area contributed by atoms with E-state index in [-0.39, 0.29) is 11.6 Å². The highest BCUT2D eigenvalue weighted by atomic mass is 16.6. The van der Waals surface area contributed by atoms with Crippen molar-refractivity contribution in [3.63, 3.8) is 0 Å². The molecule has 3 atom stereocenters. The zero-order valence-corrected chi connectivity index (χ0v) is 19.2. The van der Waals surface area contributed by atoms with Gasteiger partial charge in [0.05, 0.1) is 0 Å². The zero-order chi connectivity index (χ0) is 20.5. The summed E-state index contributed by atoms with van der Waals surface area (Å²) in [5, 5.41) is 0. The third-order valence-electron chi connectivity index (χ3n) is 7.50. The molecule has 0 aromatic rings. The molecule has 5 nitrogen and oxygen atoms in total. The molecule has 162 valence electrons. The van der Waals surface area contributed by atoms with E-state index in [9.17, 15) is 4.79 Å². The monoisotopic (exact) mass is 393 g/mol. The molecule has 1 saturated carbocycles. The second-order valence-electron chi connectivity index (χ2n) is 10.9. The molecular weight excluding hydrogens is 350 g/mol. The topological polar surface area (TPSA) is 36.0 Å². The van der Waals surface area contributed by atoms with Crippen LogP contribution in [0, 0.1) is 5.92 Å². The van der Waals surface area contributed by atoms with Crippen molar-refractivity contribution in [1.29, 1.82) is 0 Å². The van der Waals surface area contributed by atoms with Crippen LogP contribution in [0.15, 0.2) is 0 Å². The lowest BCUT2D eigenvalue weighted by molar-refractivity contribution is 0.0119. The number of carbonyl (C=O) groups excluding carboxylic acids is 1. The molecule has 3 rings (SSSR count). The fourth-order valence-electron chi connectivity index (χ4n) is 5.67. The average molecular weight is 394 g/mol. The molecule has 5 heteroatoms. The van der Waals surface area contributed by atoms with Gasteiger partial charge in [0.1, 0.15) is 5.60 Å². The van der Waals surface area contributed by atoms with Gasteiger partial charge < -0.3 is 14.5 Å². The Labute approximate surface area is 172 Å². The Morgan fingerprint density at radius 2 is 1.71 bits per heavy atom. The largest absolute Gasteiger partial charge is 0.444 e. The molecule has 28 heavy (non-hydrogen) atoms.